The highest BCUT2D eigenvalue weighted by Gasteiger charge is 2.46. The molecular weight excluding hydrogens is 470 g/mol. The Morgan fingerprint density at radius 3 is 2.49 bits per heavy atom. The number of hydrazone groups is 1. The summed E-state index contributed by atoms with van der Waals surface area (Å²) in [4.78, 5) is 21.8. The van der Waals surface area contributed by atoms with Gasteiger partial charge >= 0.3 is 6.09 Å². The number of rotatable bonds is 5. The summed E-state index contributed by atoms with van der Waals surface area (Å²) >= 11 is 0. The van der Waals surface area contributed by atoms with Gasteiger partial charge in [0.15, 0.2) is 0 Å². The summed E-state index contributed by atoms with van der Waals surface area (Å²) in [6, 6.07) is 4.74. The van der Waals surface area contributed by atoms with Crippen molar-refractivity contribution >= 4 is 11.8 Å². The predicted molar refractivity (Wildman–Crippen MR) is 141 cm³/mol. The molecule has 1 N–H and O–H groups in total. The first kappa shape index (κ1) is 25.3. The lowest BCUT2D eigenvalue weighted by molar-refractivity contribution is -0.00511. The standard InChI is InChI=1S/C27H37N7O3/c1-27(2,3)37-26(35)34-18-7-8-19(34)14-20(13-18)33(5)24-12-11-23(30-31-24)22-10-9-21(25(29-22)36-6)17-15-28-32(4)16-17/h9-12,15-16,18-20,24,31H,7-8,13-14H2,1-6H3/t18-,19+,20?,24?. The van der Waals surface area contributed by atoms with Crippen molar-refractivity contribution in [2.45, 2.75) is 76.3 Å². The monoisotopic (exact) mass is 507 g/mol. The van der Waals surface area contributed by atoms with Gasteiger partial charge in [-0.2, -0.15) is 10.2 Å². The number of fused-ring (bicyclic) bond motifs is 2. The van der Waals surface area contributed by atoms with Crippen LogP contribution in [0.1, 0.15) is 52.1 Å². The third-order valence-corrected chi connectivity index (χ3v) is 7.41. The van der Waals surface area contributed by atoms with Crippen LogP contribution in [0.3, 0.4) is 0 Å². The van der Waals surface area contributed by atoms with Gasteiger partial charge in [-0.25, -0.2) is 9.78 Å². The van der Waals surface area contributed by atoms with Crippen molar-refractivity contribution in [2.24, 2.45) is 12.1 Å². The highest BCUT2D eigenvalue weighted by atomic mass is 16.6. The van der Waals surface area contributed by atoms with Crippen LogP contribution in [0.5, 0.6) is 5.88 Å². The average molecular weight is 508 g/mol. The van der Waals surface area contributed by atoms with Gasteiger partial charge in [-0.3, -0.25) is 15.0 Å². The van der Waals surface area contributed by atoms with Gasteiger partial charge in [0.2, 0.25) is 5.88 Å². The number of carbonyl (C=O) groups is 1. The van der Waals surface area contributed by atoms with Crippen LogP contribution in [0.2, 0.25) is 0 Å². The van der Waals surface area contributed by atoms with Crippen LogP contribution >= 0.6 is 0 Å². The van der Waals surface area contributed by atoms with Crippen LogP contribution in [0, 0.1) is 0 Å². The highest BCUT2D eigenvalue weighted by Crippen LogP contribution is 2.39. The van der Waals surface area contributed by atoms with Crippen molar-refractivity contribution in [2.75, 3.05) is 14.2 Å². The molecule has 5 rings (SSSR count). The summed E-state index contributed by atoms with van der Waals surface area (Å²) in [6.45, 7) is 5.76. The molecule has 1 amide bonds. The molecule has 0 spiro atoms. The summed E-state index contributed by atoms with van der Waals surface area (Å²) in [5.74, 6) is 0.535. The van der Waals surface area contributed by atoms with Crippen molar-refractivity contribution in [3.05, 3.63) is 42.4 Å². The van der Waals surface area contributed by atoms with Gasteiger partial charge in [-0.15, -0.1) is 0 Å². The number of pyridine rings is 1. The molecule has 2 bridgehead atoms. The molecule has 10 heteroatoms. The third-order valence-electron chi connectivity index (χ3n) is 7.41. The molecule has 10 nitrogen and oxygen atoms in total. The Labute approximate surface area is 218 Å². The first-order chi connectivity index (χ1) is 17.6. The number of nitrogens with one attached hydrogen (secondary N) is 1. The lowest BCUT2D eigenvalue weighted by Gasteiger charge is -2.44. The highest BCUT2D eigenvalue weighted by molar-refractivity contribution is 6.08. The molecule has 198 valence electrons. The molecular formula is C27H37N7O3. The fourth-order valence-electron chi connectivity index (χ4n) is 5.61. The quantitative estimate of drug-likeness (QED) is 0.661. The third kappa shape index (κ3) is 5.20. The zero-order valence-corrected chi connectivity index (χ0v) is 22.5. The molecule has 0 aliphatic carbocycles. The number of hydrogen-bond acceptors (Lipinski definition) is 8. The van der Waals surface area contributed by atoms with E-state index in [2.05, 4.69) is 33.6 Å². The number of aromatic nitrogens is 3. The maximum atomic E-state index is 12.8. The fraction of sp³-hybridized carbons (Fsp3) is 0.556. The van der Waals surface area contributed by atoms with Gasteiger partial charge in [0.05, 0.1) is 19.0 Å². The Hall–Kier alpha value is -3.40. The maximum Gasteiger partial charge on any atom is 0.410 e. The summed E-state index contributed by atoms with van der Waals surface area (Å²) in [5, 5.41) is 8.88. The van der Waals surface area contributed by atoms with Crippen molar-refractivity contribution in [1.29, 1.82) is 0 Å². The van der Waals surface area contributed by atoms with E-state index >= 15 is 0 Å². The molecule has 0 radical (unpaired) electrons. The van der Waals surface area contributed by atoms with Gasteiger partial charge < -0.3 is 14.4 Å². The summed E-state index contributed by atoms with van der Waals surface area (Å²) in [5.41, 5.74) is 6.14. The molecule has 2 unspecified atom stereocenters. The van der Waals surface area contributed by atoms with Gasteiger partial charge in [0, 0.05) is 42.5 Å². The number of allylic oxidation sites excluding steroid dienone is 1. The Kier molecular flexibility index (Phi) is 6.70. The largest absolute Gasteiger partial charge is 0.481 e. The second-order valence-electron chi connectivity index (χ2n) is 11.1. The van der Waals surface area contributed by atoms with E-state index < -0.39 is 5.60 Å². The van der Waals surface area contributed by atoms with Gasteiger partial charge in [-0.1, -0.05) is 0 Å². The molecule has 37 heavy (non-hydrogen) atoms. The number of aryl methyl sites for hydroxylation is 1. The number of methoxy groups -OCH3 is 1. The zero-order valence-electron chi connectivity index (χ0n) is 22.5. The lowest BCUT2D eigenvalue weighted by atomic mass is 9.96. The summed E-state index contributed by atoms with van der Waals surface area (Å²) in [6.07, 6.45) is 11.6. The molecule has 3 aliphatic heterocycles. The number of hydrogen-bond donors (Lipinski definition) is 1. The van der Waals surface area contributed by atoms with Crippen molar-refractivity contribution in [3.8, 4) is 17.0 Å². The van der Waals surface area contributed by atoms with E-state index in [9.17, 15) is 4.79 Å². The number of nitrogens with zero attached hydrogens (tertiary/aromatic N) is 6. The van der Waals surface area contributed by atoms with Crippen molar-refractivity contribution < 1.29 is 14.3 Å². The van der Waals surface area contributed by atoms with Crippen molar-refractivity contribution in [3.63, 3.8) is 0 Å². The number of likely N-dealkylation sites (N-methyl/N-ethyl adjacent to an activating group) is 1. The van der Waals surface area contributed by atoms with Crippen molar-refractivity contribution in [1.82, 2.24) is 30.0 Å². The molecule has 0 saturated carbocycles. The number of carbonyl (C=O) groups excluding carboxylic acids is 1. The molecule has 5 heterocycles. The topological polar surface area (TPSA) is 97.1 Å². The first-order valence-corrected chi connectivity index (χ1v) is 12.9. The van der Waals surface area contributed by atoms with E-state index in [1.807, 2.05) is 57.1 Å². The predicted octanol–water partition coefficient (Wildman–Crippen LogP) is 3.54. The van der Waals surface area contributed by atoms with Gasteiger partial charge in [-0.05, 0) is 77.8 Å². The molecule has 4 atom stereocenters. The van der Waals surface area contributed by atoms with E-state index in [4.69, 9.17) is 14.5 Å². The van der Waals surface area contributed by atoms with E-state index in [1.165, 1.54) is 0 Å². The van der Waals surface area contributed by atoms with Crippen LogP contribution in [0.15, 0.2) is 41.8 Å². The summed E-state index contributed by atoms with van der Waals surface area (Å²) in [7, 11) is 5.63. The Morgan fingerprint density at radius 2 is 1.92 bits per heavy atom. The van der Waals surface area contributed by atoms with Crippen LogP contribution in [0.25, 0.3) is 11.1 Å². The Bertz CT molecular complexity index is 1200. The van der Waals surface area contributed by atoms with E-state index in [1.54, 1.807) is 18.0 Å². The molecule has 2 aromatic heterocycles. The SMILES string of the molecule is COc1nc(C2=NNC(N(C)C3C[C@H]4CC[C@@H](C3)N4C(=O)OC(C)(C)C)C=C2)ccc1-c1cnn(C)c1. The van der Waals surface area contributed by atoms with E-state index in [0.29, 0.717) is 11.9 Å². The van der Waals surface area contributed by atoms with E-state index in [-0.39, 0.29) is 24.3 Å². The van der Waals surface area contributed by atoms with E-state index in [0.717, 1.165) is 48.2 Å². The normalized spacial score (nSPS) is 25.2. The number of ether oxygens (including phenoxy) is 2. The van der Waals surface area contributed by atoms with Crippen LogP contribution in [-0.4, -0.2) is 80.4 Å². The second-order valence-corrected chi connectivity index (χ2v) is 11.1. The van der Waals surface area contributed by atoms with Crippen LogP contribution in [-0.2, 0) is 11.8 Å². The van der Waals surface area contributed by atoms with Crippen LogP contribution < -0.4 is 10.2 Å². The minimum Gasteiger partial charge on any atom is -0.481 e. The molecule has 0 aromatic carbocycles. The van der Waals surface area contributed by atoms with Crippen LogP contribution in [0.4, 0.5) is 4.79 Å². The molecule has 3 aliphatic rings. The number of amides is 1. The van der Waals surface area contributed by atoms with Gasteiger partial charge in [0.1, 0.15) is 17.5 Å². The molecule has 2 aromatic rings. The second kappa shape index (κ2) is 9.81. The lowest BCUT2D eigenvalue weighted by Crippen LogP contribution is -2.56. The maximum absolute atomic E-state index is 12.8. The zero-order chi connectivity index (χ0) is 26.3. The molecule has 2 saturated heterocycles. The Balaban J connectivity index is 1.23. The average Bonchev–Trinajstić information content (AvgIpc) is 3.42. The van der Waals surface area contributed by atoms with Gasteiger partial charge in [0.25, 0.3) is 0 Å². The summed E-state index contributed by atoms with van der Waals surface area (Å²) < 4.78 is 13.0. The minimum atomic E-state index is -0.478. The first-order valence-electron chi connectivity index (χ1n) is 12.9. The smallest absolute Gasteiger partial charge is 0.410 e. The minimum absolute atomic E-state index is 0.0298. The Morgan fingerprint density at radius 1 is 1.19 bits per heavy atom. The molecule has 2 fully saturated rings. The fourth-order valence-corrected chi connectivity index (χ4v) is 5.61. The number of piperidine rings is 1.